The van der Waals surface area contributed by atoms with Crippen LogP contribution in [0.4, 0.5) is 5.82 Å². The zero-order valence-corrected chi connectivity index (χ0v) is 21.4. The predicted molar refractivity (Wildman–Crippen MR) is 158 cm³/mol. The summed E-state index contributed by atoms with van der Waals surface area (Å²) < 4.78 is 2.00. The minimum atomic E-state index is -0.108. The Morgan fingerprint density at radius 2 is 1.62 bits per heavy atom. The van der Waals surface area contributed by atoms with E-state index in [2.05, 4.69) is 36.3 Å². The van der Waals surface area contributed by atoms with Crippen molar-refractivity contribution in [2.45, 2.75) is 6.54 Å². The number of pyridine rings is 2. The van der Waals surface area contributed by atoms with Crippen molar-refractivity contribution in [3.8, 4) is 28.2 Å². The van der Waals surface area contributed by atoms with E-state index in [-0.39, 0.29) is 5.91 Å². The lowest BCUT2D eigenvalue weighted by Gasteiger charge is -2.12. The zero-order chi connectivity index (χ0) is 26.8. The largest absolute Gasteiger partial charge is 0.383 e. The molecule has 0 aliphatic rings. The van der Waals surface area contributed by atoms with Crippen molar-refractivity contribution in [3.05, 3.63) is 121 Å². The second kappa shape index (κ2) is 10.3. The highest BCUT2D eigenvalue weighted by molar-refractivity contribution is 6.35. The first-order chi connectivity index (χ1) is 19.1. The van der Waals surface area contributed by atoms with Crippen molar-refractivity contribution < 1.29 is 4.79 Å². The lowest BCUT2D eigenvalue weighted by atomic mass is 9.88. The van der Waals surface area contributed by atoms with E-state index in [4.69, 9.17) is 15.7 Å². The molecule has 6 aromatic rings. The summed E-state index contributed by atoms with van der Waals surface area (Å²) in [5.74, 6) is 0.951. The molecule has 0 atom stereocenters. The van der Waals surface area contributed by atoms with Crippen molar-refractivity contribution >= 4 is 36.2 Å². The fraction of sp³-hybridized carbons (Fsp3) is 0.0323. The fourth-order valence-electron chi connectivity index (χ4n) is 4.68. The van der Waals surface area contributed by atoms with E-state index >= 15 is 0 Å². The summed E-state index contributed by atoms with van der Waals surface area (Å²) >= 11 is 0. The Morgan fingerprint density at radius 1 is 0.872 bits per heavy atom. The van der Waals surface area contributed by atoms with Gasteiger partial charge >= 0.3 is 0 Å². The highest BCUT2D eigenvalue weighted by Gasteiger charge is 2.19. The molecule has 3 N–H and O–H groups in total. The molecular weight excluding hydrogens is 483 g/mol. The van der Waals surface area contributed by atoms with Gasteiger partial charge in [-0.05, 0) is 53.6 Å². The number of carbonyl (C=O) groups excluding carboxylic acids is 1. The van der Waals surface area contributed by atoms with Crippen LogP contribution in [0.25, 0.3) is 39.4 Å². The number of hydrogen-bond donors (Lipinski definition) is 2. The first-order valence-electron chi connectivity index (χ1n) is 12.7. The molecule has 8 heteroatoms. The number of carbonyl (C=O) groups is 1. The van der Waals surface area contributed by atoms with Crippen LogP contribution in [0.3, 0.4) is 0 Å². The third-order valence-electron chi connectivity index (χ3n) is 6.72. The number of anilines is 1. The number of aromatic nitrogens is 4. The number of nitrogen functional groups attached to an aromatic ring is 1. The van der Waals surface area contributed by atoms with Gasteiger partial charge in [0.1, 0.15) is 19.2 Å². The Hall–Kier alpha value is -5.24. The molecule has 39 heavy (non-hydrogen) atoms. The van der Waals surface area contributed by atoms with E-state index in [9.17, 15) is 4.79 Å². The lowest BCUT2D eigenvalue weighted by Crippen LogP contribution is -2.22. The monoisotopic (exact) mass is 508 g/mol. The maximum atomic E-state index is 12.5. The van der Waals surface area contributed by atoms with Gasteiger partial charge in [0.25, 0.3) is 5.91 Å². The molecule has 0 saturated heterocycles. The summed E-state index contributed by atoms with van der Waals surface area (Å²) in [6.07, 6.45) is 3.55. The highest BCUT2D eigenvalue weighted by atomic mass is 16.1. The molecule has 0 bridgehead atoms. The molecular formula is C31H25BN6O. The molecule has 0 aliphatic heterocycles. The van der Waals surface area contributed by atoms with Crippen molar-refractivity contribution in [2.75, 3.05) is 5.73 Å². The smallest absolute Gasteiger partial charge is 0.251 e. The van der Waals surface area contributed by atoms with Gasteiger partial charge in [0.05, 0.1) is 5.56 Å². The van der Waals surface area contributed by atoms with Gasteiger partial charge in [-0.2, -0.15) is 0 Å². The van der Waals surface area contributed by atoms with Crippen LogP contribution in [-0.2, 0) is 6.54 Å². The first kappa shape index (κ1) is 24.1. The summed E-state index contributed by atoms with van der Waals surface area (Å²) in [4.78, 5) is 26.6. The molecule has 0 radical (unpaired) electrons. The Morgan fingerprint density at radius 3 is 2.38 bits per heavy atom. The Balaban J connectivity index is 1.38. The maximum absolute atomic E-state index is 12.5. The van der Waals surface area contributed by atoms with E-state index < -0.39 is 0 Å². The third-order valence-corrected chi connectivity index (χ3v) is 6.72. The number of hydrogen-bond acceptors (Lipinski definition) is 5. The molecule has 0 unspecified atom stereocenters. The van der Waals surface area contributed by atoms with Crippen molar-refractivity contribution in [3.63, 3.8) is 0 Å². The number of rotatable bonds is 6. The third kappa shape index (κ3) is 4.75. The zero-order valence-electron chi connectivity index (χ0n) is 21.4. The number of imidazole rings is 1. The van der Waals surface area contributed by atoms with Gasteiger partial charge in [0, 0.05) is 35.8 Å². The average molecular weight is 508 g/mol. The molecule has 6 rings (SSSR count). The summed E-state index contributed by atoms with van der Waals surface area (Å²) in [6, 6.07) is 31.2. The van der Waals surface area contributed by atoms with Crippen molar-refractivity contribution in [1.29, 1.82) is 0 Å². The molecule has 3 aromatic carbocycles. The SMILES string of the molecule is Bc1ccccc1-c1cnc2c(c1)nc(-c1cccnc1N)n2-c1ccc(CNC(=O)c2ccccc2)cc1. The summed E-state index contributed by atoms with van der Waals surface area (Å²) in [7, 11) is 2.09. The van der Waals surface area contributed by atoms with Crippen molar-refractivity contribution in [2.24, 2.45) is 0 Å². The van der Waals surface area contributed by atoms with Crippen LogP contribution in [0, 0.1) is 0 Å². The highest BCUT2D eigenvalue weighted by Crippen LogP contribution is 2.31. The molecule has 0 fully saturated rings. The van der Waals surface area contributed by atoms with Gasteiger partial charge in [-0.1, -0.05) is 60.1 Å². The van der Waals surface area contributed by atoms with E-state index in [1.165, 1.54) is 5.46 Å². The van der Waals surface area contributed by atoms with Crippen LogP contribution < -0.4 is 16.5 Å². The normalized spacial score (nSPS) is 11.0. The van der Waals surface area contributed by atoms with Gasteiger partial charge in [0.2, 0.25) is 0 Å². The topological polar surface area (TPSA) is 98.7 Å². The Bertz CT molecular complexity index is 1800. The molecule has 3 aromatic heterocycles. The summed E-state index contributed by atoms with van der Waals surface area (Å²) in [5, 5.41) is 2.97. The molecule has 3 heterocycles. The van der Waals surface area contributed by atoms with Crippen LogP contribution in [-0.4, -0.2) is 33.3 Å². The van der Waals surface area contributed by atoms with E-state index in [0.717, 1.165) is 39.1 Å². The number of nitrogens with one attached hydrogen (secondary N) is 1. The molecule has 7 nitrogen and oxygen atoms in total. The minimum absolute atomic E-state index is 0.108. The quantitative estimate of drug-likeness (QED) is 0.333. The number of fused-ring (bicyclic) bond motifs is 1. The van der Waals surface area contributed by atoms with Gasteiger partial charge in [-0.3, -0.25) is 9.36 Å². The van der Waals surface area contributed by atoms with E-state index in [1.54, 1.807) is 18.3 Å². The summed E-state index contributed by atoms with van der Waals surface area (Å²) in [6.45, 7) is 0.416. The van der Waals surface area contributed by atoms with E-state index in [1.807, 2.05) is 77.5 Å². The van der Waals surface area contributed by atoms with Gasteiger partial charge in [-0.25, -0.2) is 15.0 Å². The Kier molecular flexibility index (Phi) is 6.35. The molecule has 0 saturated carbocycles. The predicted octanol–water partition coefficient (Wildman–Crippen LogP) is 3.92. The molecule has 0 aliphatic carbocycles. The second-order valence-electron chi connectivity index (χ2n) is 9.30. The van der Waals surface area contributed by atoms with Crippen LogP contribution >= 0.6 is 0 Å². The van der Waals surface area contributed by atoms with Crippen LogP contribution in [0.2, 0.25) is 0 Å². The molecule has 1 amide bonds. The van der Waals surface area contributed by atoms with Crippen LogP contribution in [0.1, 0.15) is 15.9 Å². The molecule has 188 valence electrons. The number of nitrogens with zero attached hydrogens (tertiary/aromatic N) is 4. The number of benzene rings is 3. The standard InChI is InChI=1S/C31H25BN6O/c32-26-11-5-4-9-24(26)22-17-27-30(35-19-22)38(29(37-27)25-10-6-16-34-28(25)33)23-14-12-20(13-15-23)18-36-31(39)21-7-2-1-3-8-21/h1-17,19H,18,32H2,(H2,33,34)(H,36,39). The lowest BCUT2D eigenvalue weighted by molar-refractivity contribution is 0.0951. The van der Waals surface area contributed by atoms with E-state index in [0.29, 0.717) is 23.8 Å². The second-order valence-corrected chi connectivity index (χ2v) is 9.30. The minimum Gasteiger partial charge on any atom is -0.383 e. The summed E-state index contributed by atoms with van der Waals surface area (Å²) in [5.41, 5.74) is 14.3. The van der Waals surface area contributed by atoms with Gasteiger partial charge in [-0.15, -0.1) is 0 Å². The number of amides is 1. The molecule has 0 spiro atoms. The van der Waals surface area contributed by atoms with Crippen LogP contribution in [0.15, 0.2) is 109 Å². The number of nitrogens with two attached hydrogens (primary N) is 1. The average Bonchev–Trinajstić information content (AvgIpc) is 3.35. The fourth-order valence-corrected chi connectivity index (χ4v) is 4.68. The van der Waals surface area contributed by atoms with Gasteiger partial charge < -0.3 is 11.1 Å². The van der Waals surface area contributed by atoms with Crippen LogP contribution in [0.5, 0.6) is 0 Å². The first-order valence-corrected chi connectivity index (χ1v) is 12.7. The Labute approximate surface area is 226 Å². The van der Waals surface area contributed by atoms with Gasteiger partial charge in [0.15, 0.2) is 11.5 Å². The maximum Gasteiger partial charge on any atom is 0.251 e. The van der Waals surface area contributed by atoms with Crippen molar-refractivity contribution in [1.82, 2.24) is 24.8 Å².